The van der Waals surface area contributed by atoms with Crippen molar-refractivity contribution < 1.29 is 23.7 Å². The van der Waals surface area contributed by atoms with Gasteiger partial charge in [0.25, 0.3) is 0 Å². The second-order valence-electron chi connectivity index (χ2n) is 8.14. The minimum absolute atomic E-state index is 0.476. The normalized spacial score (nSPS) is 15.7. The van der Waals surface area contributed by atoms with E-state index in [2.05, 4.69) is 21.7 Å². The van der Waals surface area contributed by atoms with Crippen LogP contribution in [-0.2, 0) is 6.42 Å². The van der Waals surface area contributed by atoms with Crippen LogP contribution in [0.5, 0.6) is 17.2 Å². The van der Waals surface area contributed by atoms with Crippen LogP contribution in [0.4, 0.5) is 0 Å². The number of aliphatic hydroxyl groups is 1. The number of aliphatic hydroxyl groups excluding tert-OH is 1. The van der Waals surface area contributed by atoms with Gasteiger partial charge in [0.2, 0.25) is 5.75 Å². The molecule has 0 spiro atoms. The summed E-state index contributed by atoms with van der Waals surface area (Å²) in [7, 11) is 1.61. The molecular formula is C25H33NO5S. The van der Waals surface area contributed by atoms with Crippen molar-refractivity contribution in [2.45, 2.75) is 45.1 Å². The van der Waals surface area contributed by atoms with E-state index in [-0.39, 0.29) is 0 Å². The number of furan rings is 1. The molecule has 0 aliphatic carbocycles. The summed E-state index contributed by atoms with van der Waals surface area (Å²) in [6.07, 6.45) is 5.98. The molecule has 1 saturated heterocycles. The van der Waals surface area contributed by atoms with Gasteiger partial charge < -0.3 is 23.7 Å². The summed E-state index contributed by atoms with van der Waals surface area (Å²) in [5, 5.41) is 16.3. The Morgan fingerprint density at radius 2 is 1.97 bits per heavy atom. The first-order valence-corrected chi connectivity index (χ1v) is 12.4. The average molecular weight is 460 g/mol. The highest BCUT2D eigenvalue weighted by molar-refractivity contribution is 7.07. The molecule has 0 amide bonds. The lowest BCUT2D eigenvalue weighted by Crippen LogP contribution is -2.33. The Kier molecular flexibility index (Phi) is 7.95. The van der Waals surface area contributed by atoms with Crippen LogP contribution in [0.15, 0.2) is 33.6 Å². The highest BCUT2D eigenvalue weighted by atomic mass is 32.1. The molecule has 6 nitrogen and oxygen atoms in total. The maximum Gasteiger partial charge on any atom is 0.205 e. The number of hydrogen-bond donors (Lipinski definition) is 1. The Balaban J connectivity index is 1.66. The van der Waals surface area contributed by atoms with Crippen LogP contribution in [0, 0.1) is 0 Å². The van der Waals surface area contributed by atoms with Crippen LogP contribution in [-0.4, -0.2) is 50.0 Å². The zero-order valence-electron chi connectivity index (χ0n) is 19.0. The second kappa shape index (κ2) is 11.1. The van der Waals surface area contributed by atoms with Crippen molar-refractivity contribution in [3.63, 3.8) is 0 Å². The summed E-state index contributed by atoms with van der Waals surface area (Å²) in [5.41, 5.74) is 2.44. The third-order valence-electron chi connectivity index (χ3n) is 6.03. The van der Waals surface area contributed by atoms with E-state index in [1.165, 1.54) is 24.8 Å². The molecule has 0 bridgehead atoms. The van der Waals surface area contributed by atoms with Crippen molar-refractivity contribution >= 4 is 22.3 Å². The molecule has 1 unspecified atom stereocenters. The molecule has 1 N–H and O–H groups in total. The van der Waals surface area contributed by atoms with Crippen LogP contribution in [0.2, 0.25) is 0 Å². The minimum Gasteiger partial charge on any atom is -0.493 e. The molecule has 3 aromatic rings. The van der Waals surface area contributed by atoms with Gasteiger partial charge in [-0.3, -0.25) is 4.90 Å². The predicted octanol–water partition coefficient (Wildman–Crippen LogP) is 5.43. The van der Waals surface area contributed by atoms with Crippen molar-refractivity contribution in [2.75, 3.05) is 40.0 Å². The Labute approximate surface area is 193 Å². The van der Waals surface area contributed by atoms with Crippen LogP contribution in [0.3, 0.4) is 0 Å². The molecule has 1 fully saturated rings. The Hall–Kier alpha value is -2.22. The topological polar surface area (TPSA) is 64.3 Å². The zero-order valence-corrected chi connectivity index (χ0v) is 19.8. The largest absolute Gasteiger partial charge is 0.493 e. The number of rotatable bonds is 11. The summed E-state index contributed by atoms with van der Waals surface area (Å²) in [5.74, 6) is 1.65. The number of thiophene rings is 1. The van der Waals surface area contributed by atoms with Gasteiger partial charge in [0, 0.05) is 6.54 Å². The third kappa shape index (κ3) is 5.05. The van der Waals surface area contributed by atoms with Crippen molar-refractivity contribution in [3.05, 3.63) is 40.3 Å². The number of hydrogen-bond acceptors (Lipinski definition) is 7. The number of benzene rings is 1. The van der Waals surface area contributed by atoms with E-state index in [9.17, 15) is 5.11 Å². The molecule has 0 saturated carbocycles. The summed E-state index contributed by atoms with van der Waals surface area (Å²) in [6, 6.07) is 3.95. The van der Waals surface area contributed by atoms with E-state index in [0.29, 0.717) is 48.0 Å². The Morgan fingerprint density at radius 3 is 2.69 bits per heavy atom. The number of likely N-dealkylation sites (tertiary alicyclic amines) is 1. The van der Waals surface area contributed by atoms with Crippen molar-refractivity contribution in [2.24, 2.45) is 0 Å². The smallest absolute Gasteiger partial charge is 0.205 e. The second-order valence-corrected chi connectivity index (χ2v) is 8.92. The van der Waals surface area contributed by atoms with Gasteiger partial charge in [-0.25, -0.2) is 0 Å². The molecule has 1 aromatic carbocycles. The van der Waals surface area contributed by atoms with Gasteiger partial charge in [-0.15, -0.1) is 0 Å². The number of nitrogens with zero attached hydrogens (tertiary/aromatic N) is 1. The van der Waals surface area contributed by atoms with Gasteiger partial charge in [-0.1, -0.05) is 6.42 Å². The lowest BCUT2D eigenvalue weighted by Gasteiger charge is -2.27. The summed E-state index contributed by atoms with van der Waals surface area (Å²) in [4.78, 5) is 2.43. The molecule has 174 valence electrons. The van der Waals surface area contributed by atoms with Gasteiger partial charge in [-0.05, 0) is 74.2 Å². The number of piperidine rings is 1. The van der Waals surface area contributed by atoms with Crippen LogP contribution < -0.4 is 14.2 Å². The van der Waals surface area contributed by atoms with E-state index >= 15 is 0 Å². The first kappa shape index (κ1) is 23.0. The van der Waals surface area contributed by atoms with E-state index in [1.807, 2.05) is 13.0 Å². The quantitative estimate of drug-likeness (QED) is 0.412. The van der Waals surface area contributed by atoms with Crippen LogP contribution >= 0.6 is 11.3 Å². The van der Waals surface area contributed by atoms with E-state index in [4.69, 9.17) is 18.6 Å². The van der Waals surface area contributed by atoms with Gasteiger partial charge in [-0.2, -0.15) is 11.3 Å². The van der Waals surface area contributed by atoms with Crippen LogP contribution in [0.25, 0.3) is 11.0 Å². The fourth-order valence-corrected chi connectivity index (χ4v) is 5.11. The highest BCUT2D eigenvalue weighted by Crippen LogP contribution is 2.49. The van der Waals surface area contributed by atoms with Crippen molar-refractivity contribution in [1.29, 1.82) is 0 Å². The molecule has 32 heavy (non-hydrogen) atoms. The first-order valence-electron chi connectivity index (χ1n) is 11.5. The van der Waals surface area contributed by atoms with Gasteiger partial charge in [0.15, 0.2) is 11.3 Å². The lowest BCUT2D eigenvalue weighted by molar-refractivity contribution is 0.148. The monoisotopic (exact) mass is 459 g/mol. The van der Waals surface area contributed by atoms with Crippen molar-refractivity contribution in [3.8, 4) is 17.2 Å². The number of fused-ring (bicyclic) bond motifs is 1. The van der Waals surface area contributed by atoms with E-state index < -0.39 is 6.10 Å². The van der Waals surface area contributed by atoms with Crippen molar-refractivity contribution in [1.82, 2.24) is 4.90 Å². The standard InChI is InChI=1S/C25H33NO5S/c1-3-29-22-19-9-14-30-23(19)25(28-2)24(31-15-13-26-11-5-4-6-12-26)21(22)20(27)8-7-18-10-16-32-17-18/h9-10,14,16-17,20,27H,3-8,11-13,15H2,1-2H3. The number of ether oxygens (including phenoxy) is 3. The fraction of sp³-hybridized carbons (Fsp3) is 0.520. The van der Waals surface area contributed by atoms with E-state index in [1.54, 1.807) is 24.7 Å². The summed E-state index contributed by atoms with van der Waals surface area (Å²) < 4.78 is 23.8. The molecule has 1 aliphatic rings. The Morgan fingerprint density at radius 1 is 1.12 bits per heavy atom. The number of methoxy groups -OCH3 is 1. The predicted molar refractivity (Wildman–Crippen MR) is 127 cm³/mol. The SMILES string of the molecule is CCOc1c(C(O)CCc2ccsc2)c(OCCN2CCCCC2)c(OC)c2occc12. The van der Waals surface area contributed by atoms with Gasteiger partial charge in [0.1, 0.15) is 12.4 Å². The maximum atomic E-state index is 11.3. The molecule has 7 heteroatoms. The molecule has 1 atom stereocenters. The van der Waals surface area contributed by atoms with Crippen LogP contribution in [0.1, 0.15) is 49.8 Å². The Bertz CT molecular complexity index is 978. The summed E-state index contributed by atoms with van der Waals surface area (Å²) >= 11 is 1.67. The van der Waals surface area contributed by atoms with Gasteiger partial charge >= 0.3 is 0 Å². The molecule has 1 aliphatic heterocycles. The number of aryl methyl sites for hydroxylation is 1. The zero-order chi connectivity index (χ0) is 22.3. The minimum atomic E-state index is -0.755. The first-order chi connectivity index (χ1) is 15.7. The van der Waals surface area contributed by atoms with Gasteiger partial charge in [0.05, 0.1) is 37.0 Å². The lowest BCUT2D eigenvalue weighted by atomic mass is 9.98. The average Bonchev–Trinajstić information content (AvgIpc) is 3.51. The maximum absolute atomic E-state index is 11.3. The molecule has 0 radical (unpaired) electrons. The highest BCUT2D eigenvalue weighted by Gasteiger charge is 2.29. The molecule has 2 aromatic heterocycles. The fourth-order valence-electron chi connectivity index (χ4n) is 4.41. The molecular weight excluding hydrogens is 426 g/mol. The molecule has 4 rings (SSSR count). The summed E-state index contributed by atoms with van der Waals surface area (Å²) in [6.45, 7) is 5.99. The molecule has 3 heterocycles. The van der Waals surface area contributed by atoms with E-state index in [0.717, 1.165) is 31.4 Å². The third-order valence-corrected chi connectivity index (χ3v) is 6.76.